The fourth-order valence-corrected chi connectivity index (χ4v) is 3.07. The third-order valence-electron chi connectivity index (χ3n) is 4.37. The van der Waals surface area contributed by atoms with Crippen molar-refractivity contribution >= 4 is 11.6 Å². The van der Waals surface area contributed by atoms with Gasteiger partial charge in [-0.1, -0.05) is 12.1 Å². The Bertz CT molecular complexity index is 516. The van der Waals surface area contributed by atoms with E-state index >= 15 is 0 Å². The number of benzene rings is 1. The maximum atomic E-state index is 13.9. The Morgan fingerprint density at radius 1 is 1.45 bits per heavy atom. The molecule has 0 saturated carbocycles. The number of halogens is 1. The zero-order valence-corrected chi connectivity index (χ0v) is 11.6. The first-order valence-corrected chi connectivity index (χ1v) is 7.00. The van der Waals surface area contributed by atoms with E-state index in [1.807, 2.05) is 6.92 Å². The second-order valence-electron chi connectivity index (χ2n) is 5.72. The predicted octanol–water partition coefficient (Wildman–Crippen LogP) is 1.56. The molecule has 2 saturated heterocycles. The summed E-state index contributed by atoms with van der Waals surface area (Å²) >= 11 is 0. The first-order chi connectivity index (χ1) is 9.60. The van der Waals surface area contributed by atoms with Crippen molar-refractivity contribution < 1.29 is 13.9 Å². The molecule has 2 aliphatic rings. The third kappa shape index (κ3) is 2.31. The van der Waals surface area contributed by atoms with Crippen molar-refractivity contribution in [2.75, 3.05) is 31.1 Å². The van der Waals surface area contributed by atoms with Crippen LogP contribution in [0.5, 0.6) is 0 Å². The Hall–Kier alpha value is -1.46. The van der Waals surface area contributed by atoms with Crippen LogP contribution in [0.4, 0.5) is 10.1 Å². The number of nitrogens with one attached hydrogen (secondary N) is 1. The molecule has 0 aromatic heterocycles. The van der Waals surface area contributed by atoms with Crippen molar-refractivity contribution in [3.8, 4) is 0 Å². The molecule has 108 valence electrons. The van der Waals surface area contributed by atoms with Gasteiger partial charge in [0, 0.05) is 12.5 Å². The number of hydrogen-bond donors (Lipinski definition) is 1. The zero-order valence-electron chi connectivity index (χ0n) is 11.6. The van der Waals surface area contributed by atoms with Gasteiger partial charge < -0.3 is 15.0 Å². The van der Waals surface area contributed by atoms with Gasteiger partial charge in [0.2, 0.25) is 0 Å². The molecule has 1 amide bonds. The first kappa shape index (κ1) is 13.5. The second kappa shape index (κ2) is 5.14. The van der Waals surface area contributed by atoms with Gasteiger partial charge >= 0.3 is 0 Å². The summed E-state index contributed by atoms with van der Waals surface area (Å²) < 4.78 is 19.7. The van der Waals surface area contributed by atoms with Gasteiger partial charge in [0.1, 0.15) is 12.4 Å². The minimum absolute atomic E-state index is 0.0152. The average molecular weight is 278 g/mol. The van der Waals surface area contributed by atoms with Crippen molar-refractivity contribution in [3.05, 3.63) is 30.1 Å². The van der Waals surface area contributed by atoms with E-state index in [0.29, 0.717) is 18.2 Å². The van der Waals surface area contributed by atoms with Crippen molar-refractivity contribution in [3.63, 3.8) is 0 Å². The number of nitrogens with zero attached hydrogens (tertiary/aromatic N) is 1. The minimum atomic E-state index is -0.417. The van der Waals surface area contributed by atoms with Crippen molar-refractivity contribution in [2.45, 2.75) is 18.9 Å². The van der Waals surface area contributed by atoms with Gasteiger partial charge in [-0.2, -0.15) is 0 Å². The van der Waals surface area contributed by atoms with Crippen LogP contribution in [0.25, 0.3) is 0 Å². The van der Waals surface area contributed by atoms with E-state index in [1.54, 1.807) is 18.2 Å². The van der Waals surface area contributed by atoms with E-state index in [4.69, 9.17) is 4.74 Å². The minimum Gasteiger partial charge on any atom is -0.363 e. The molecule has 4 nitrogen and oxygen atoms in total. The van der Waals surface area contributed by atoms with Gasteiger partial charge in [0.25, 0.3) is 5.91 Å². The van der Waals surface area contributed by atoms with Gasteiger partial charge in [-0.25, -0.2) is 4.39 Å². The average Bonchev–Trinajstić information content (AvgIpc) is 2.97. The van der Waals surface area contributed by atoms with Crippen LogP contribution in [0.2, 0.25) is 0 Å². The van der Waals surface area contributed by atoms with Crippen LogP contribution in [0.3, 0.4) is 0 Å². The Morgan fingerprint density at radius 2 is 2.25 bits per heavy atom. The predicted molar refractivity (Wildman–Crippen MR) is 74.1 cm³/mol. The van der Waals surface area contributed by atoms with Gasteiger partial charge in [-0.05, 0) is 32.0 Å². The second-order valence-corrected chi connectivity index (χ2v) is 5.72. The van der Waals surface area contributed by atoms with Crippen LogP contribution in [0, 0.1) is 11.7 Å². The standard InChI is InChI=1S/C15H19FN2O2/c1-15(11-6-7-17-8-11)10-18(14(19)9-20-15)13-5-3-2-4-12(13)16/h2-5,11,17H,6-10H2,1H3. The number of carbonyl (C=O) groups is 1. The molecule has 2 aliphatic heterocycles. The molecule has 0 radical (unpaired) electrons. The molecule has 1 N–H and O–H groups in total. The molecule has 1 aromatic rings. The van der Waals surface area contributed by atoms with Crippen LogP contribution in [-0.2, 0) is 9.53 Å². The van der Waals surface area contributed by atoms with E-state index in [9.17, 15) is 9.18 Å². The van der Waals surface area contributed by atoms with Gasteiger partial charge in [-0.15, -0.1) is 0 Å². The van der Waals surface area contributed by atoms with Gasteiger partial charge in [-0.3, -0.25) is 4.79 Å². The van der Waals surface area contributed by atoms with E-state index in [0.717, 1.165) is 19.5 Å². The van der Waals surface area contributed by atoms with Crippen molar-refractivity contribution in [1.82, 2.24) is 5.32 Å². The lowest BCUT2D eigenvalue weighted by atomic mass is 9.86. The molecule has 2 heterocycles. The number of hydrogen-bond acceptors (Lipinski definition) is 3. The highest BCUT2D eigenvalue weighted by Crippen LogP contribution is 2.33. The Morgan fingerprint density at radius 3 is 2.95 bits per heavy atom. The monoisotopic (exact) mass is 278 g/mol. The van der Waals surface area contributed by atoms with Gasteiger partial charge in [0.15, 0.2) is 0 Å². The van der Waals surface area contributed by atoms with Gasteiger partial charge in [0.05, 0.1) is 17.8 Å². The maximum absolute atomic E-state index is 13.9. The number of carbonyl (C=O) groups excluding carboxylic acids is 1. The number of anilines is 1. The Labute approximate surface area is 117 Å². The highest BCUT2D eigenvalue weighted by Gasteiger charge is 2.43. The fraction of sp³-hybridized carbons (Fsp3) is 0.533. The number of para-hydroxylation sites is 1. The number of morpholine rings is 1. The first-order valence-electron chi connectivity index (χ1n) is 7.00. The summed E-state index contributed by atoms with van der Waals surface area (Å²) in [5, 5.41) is 3.31. The molecule has 2 unspecified atom stereocenters. The highest BCUT2D eigenvalue weighted by molar-refractivity contribution is 5.95. The Balaban J connectivity index is 1.87. The smallest absolute Gasteiger partial charge is 0.253 e. The molecule has 20 heavy (non-hydrogen) atoms. The molecule has 0 spiro atoms. The molecular weight excluding hydrogens is 259 g/mol. The molecule has 5 heteroatoms. The molecule has 2 atom stereocenters. The summed E-state index contributed by atoms with van der Waals surface area (Å²) in [6.45, 7) is 4.29. The number of rotatable bonds is 2. The summed E-state index contributed by atoms with van der Waals surface area (Å²) in [6, 6.07) is 6.40. The van der Waals surface area contributed by atoms with Crippen LogP contribution in [0.15, 0.2) is 24.3 Å². The van der Waals surface area contributed by atoms with E-state index < -0.39 is 5.60 Å². The summed E-state index contributed by atoms with van der Waals surface area (Å²) in [7, 11) is 0. The van der Waals surface area contributed by atoms with Crippen LogP contribution >= 0.6 is 0 Å². The van der Waals surface area contributed by atoms with E-state index in [2.05, 4.69) is 5.32 Å². The molecule has 3 rings (SSSR count). The summed E-state index contributed by atoms with van der Waals surface area (Å²) in [5.41, 5.74) is -0.0716. The topological polar surface area (TPSA) is 41.6 Å². The quantitative estimate of drug-likeness (QED) is 0.892. The van der Waals surface area contributed by atoms with Crippen LogP contribution in [-0.4, -0.2) is 37.7 Å². The summed E-state index contributed by atoms with van der Waals surface area (Å²) in [5.74, 6) is -0.196. The van der Waals surface area contributed by atoms with Crippen LogP contribution in [0.1, 0.15) is 13.3 Å². The lowest BCUT2D eigenvalue weighted by Gasteiger charge is -2.43. The third-order valence-corrected chi connectivity index (χ3v) is 4.37. The number of ether oxygens (including phenoxy) is 1. The largest absolute Gasteiger partial charge is 0.363 e. The molecule has 0 bridgehead atoms. The maximum Gasteiger partial charge on any atom is 0.253 e. The van der Waals surface area contributed by atoms with Crippen molar-refractivity contribution in [1.29, 1.82) is 0 Å². The van der Waals surface area contributed by atoms with E-state index in [-0.39, 0.29) is 18.3 Å². The lowest BCUT2D eigenvalue weighted by Crippen LogP contribution is -2.57. The molecule has 1 aromatic carbocycles. The highest BCUT2D eigenvalue weighted by atomic mass is 19.1. The normalized spacial score (nSPS) is 30.8. The fourth-order valence-electron chi connectivity index (χ4n) is 3.07. The molecular formula is C15H19FN2O2. The summed E-state index contributed by atoms with van der Waals surface area (Å²) in [4.78, 5) is 13.6. The lowest BCUT2D eigenvalue weighted by molar-refractivity contribution is -0.142. The molecule has 0 aliphatic carbocycles. The van der Waals surface area contributed by atoms with E-state index in [1.165, 1.54) is 11.0 Å². The summed E-state index contributed by atoms with van der Waals surface area (Å²) in [6.07, 6.45) is 1.02. The zero-order chi connectivity index (χ0) is 14.2. The molecule has 2 fully saturated rings. The SMILES string of the molecule is CC1(C2CCNC2)CN(c2ccccc2F)C(=O)CO1. The Kier molecular flexibility index (Phi) is 3.48. The van der Waals surface area contributed by atoms with Crippen LogP contribution < -0.4 is 10.2 Å². The number of amides is 1. The van der Waals surface area contributed by atoms with Crippen molar-refractivity contribution in [2.24, 2.45) is 5.92 Å².